The summed E-state index contributed by atoms with van der Waals surface area (Å²) in [6.07, 6.45) is 5.07. The van der Waals surface area contributed by atoms with Crippen LogP contribution in [0.15, 0.2) is 71.7 Å². The van der Waals surface area contributed by atoms with Crippen LogP contribution in [0.2, 0.25) is 0 Å². The van der Waals surface area contributed by atoms with Gasteiger partial charge < -0.3 is 10.3 Å². The average Bonchev–Trinajstić information content (AvgIpc) is 3.04. The number of rotatable bonds is 7. The van der Waals surface area contributed by atoms with Crippen LogP contribution in [-0.4, -0.2) is 23.3 Å². The Hall–Kier alpha value is -3.52. The quantitative estimate of drug-likeness (QED) is 0.374. The van der Waals surface area contributed by atoms with E-state index in [1.165, 1.54) is 0 Å². The number of pyridine rings is 1. The predicted octanol–water partition coefficient (Wildman–Crippen LogP) is 5.16. The third-order valence-corrected chi connectivity index (χ3v) is 8.20. The van der Waals surface area contributed by atoms with Crippen LogP contribution >= 0.6 is 0 Å². The molecule has 7 nitrogen and oxygen atoms in total. The molecule has 1 aliphatic carbocycles. The first-order chi connectivity index (χ1) is 16.7. The molecule has 2 heterocycles. The molecule has 0 saturated heterocycles. The molecular weight excluding hydrogens is 460 g/mol. The van der Waals surface area contributed by atoms with E-state index in [-0.39, 0.29) is 17.2 Å². The third kappa shape index (κ3) is 4.46. The molecule has 0 bridgehead atoms. The van der Waals surface area contributed by atoms with Gasteiger partial charge in [0.25, 0.3) is 5.56 Å². The zero-order valence-corrected chi connectivity index (χ0v) is 20.8. The van der Waals surface area contributed by atoms with Crippen LogP contribution < -0.4 is 16.0 Å². The van der Waals surface area contributed by atoms with Crippen molar-refractivity contribution in [3.05, 3.63) is 77.2 Å². The maximum Gasteiger partial charge on any atom is 0.255 e. The van der Waals surface area contributed by atoms with Gasteiger partial charge in [-0.05, 0) is 61.6 Å². The summed E-state index contributed by atoms with van der Waals surface area (Å²) in [5.74, 6) is 0.117. The fourth-order valence-corrected chi connectivity index (χ4v) is 6.25. The van der Waals surface area contributed by atoms with Gasteiger partial charge in [-0.3, -0.25) is 14.1 Å². The highest BCUT2D eigenvalue weighted by molar-refractivity contribution is 7.92. The number of nitrogen functional groups attached to an aromatic ring is 1. The van der Waals surface area contributed by atoms with Crippen LogP contribution in [0.3, 0.4) is 0 Å². The first kappa shape index (κ1) is 23.2. The van der Waals surface area contributed by atoms with E-state index >= 15 is 0 Å². The zero-order valence-electron chi connectivity index (χ0n) is 19.9. The summed E-state index contributed by atoms with van der Waals surface area (Å²) in [6, 6.07) is 18.8. The average molecular weight is 491 g/mol. The topological polar surface area (TPSA) is 99.1 Å². The number of anilines is 2. The molecule has 5 rings (SSSR count). The molecular formula is C27H30N4O3S. The fourth-order valence-electron chi connectivity index (χ4n) is 4.79. The molecule has 35 heavy (non-hydrogen) atoms. The molecule has 0 radical (unpaired) electrons. The van der Waals surface area contributed by atoms with E-state index in [0.717, 1.165) is 47.1 Å². The molecule has 0 atom stereocenters. The number of nitrogens with zero attached hydrogens (tertiary/aromatic N) is 2. The van der Waals surface area contributed by atoms with Gasteiger partial charge in [0.2, 0.25) is 10.0 Å². The van der Waals surface area contributed by atoms with Crippen LogP contribution in [0, 0.1) is 5.92 Å². The number of aromatic nitrogens is 2. The number of nitrogens with two attached hydrogens (primary N) is 1. The van der Waals surface area contributed by atoms with Crippen molar-refractivity contribution in [1.82, 2.24) is 9.13 Å². The van der Waals surface area contributed by atoms with Gasteiger partial charge in [0.05, 0.1) is 28.3 Å². The Bertz CT molecular complexity index is 1550. The minimum Gasteiger partial charge on any atom is -0.396 e. The van der Waals surface area contributed by atoms with Crippen molar-refractivity contribution >= 4 is 32.3 Å². The highest BCUT2D eigenvalue weighted by atomic mass is 32.2. The molecule has 182 valence electrons. The van der Waals surface area contributed by atoms with Crippen LogP contribution in [0.25, 0.3) is 27.8 Å². The lowest BCUT2D eigenvalue weighted by atomic mass is 9.92. The van der Waals surface area contributed by atoms with E-state index in [4.69, 9.17) is 5.73 Å². The summed E-state index contributed by atoms with van der Waals surface area (Å²) in [7, 11) is -3.40. The maximum atomic E-state index is 12.4. The Labute approximate surface area is 205 Å². The smallest absolute Gasteiger partial charge is 0.255 e. The van der Waals surface area contributed by atoms with Crippen molar-refractivity contribution in [2.45, 2.75) is 39.2 Å². The minimum absolute atomic E-state index is 0.0430. The van der Waals surface area contributed by atoms with Gasteiger partial charge in [-0.2, -0.15) is 0 Å². The van der Waals surface area contributed by atoms with E-state index in [2.05, 4.69) is 9.29 Å². The minimum atomic E-state index is -3.40. The molecule has 2 aromatic heterocycles. The van der Waals surface area contributed by atoms with Gasteiger partial charge in [-0.25, -0.2) is 8.42 Å². The Morgan fingerprint density at radius 3 is 2.43 bits per heavy atom. The van der Waals surface area contributed by atoms with E-state index in [0.29, 0.717) is 17.4 Å². The third-order valence-electron chi connectivity index (χ3n) is 6.55. The van der Waals surface area contributed by atoms with Gasteiger partial charge in [0.1, 0.15) is 0 Å². The van der Waals surface area contributed by atoms with E-state index in [1.54, 1.807) is 35.0 Å². The molecule has 8 heteroatoms. The van der Waals surface area contributed by atoms with Crippen molar-refractivity contribution < 1.29 is 8.42 Å². The van der Waals surface area contributed by atoms with Gasteiger partial charge in [-0.1, -0.05) is 32.0 Å². The molecule has 0 amide bonds. The zero-order chi connectivity index (χ0) is 24.7. The van der Waals surface area contributed by atoms with E-state index < -0.39 is 10.0 Å². The van der Waals surface area contributed by atoms with Crippen molar-refractivity contribution in [1.29, 1.82) is 0 Å². The maximum absolute atomic E-state index is 12.4. The number of hydrogen-bond donors (Lipinski definition) is 2. The highest BCUT2D eigenvalue weighted by Crippen LogP contribution is 2.44. The van der Waals surface area contributed by atoms with Crippen LogP contribution in [-0.2, 0) is 10.0 Å². The lowest BCUT2D eigenvalue weighted by Crippen LogP contribution is -2.20. The fraction of sp³-hybridized carbons (Fsp3) is 0.296. The second-order valence-corrected chi connectivity index (χ2v) is 11.4. The largest absolute Gasteiger partial charge is 0.396 e. The molecule has 0 spiro atoms. The molecule has 1 fully saturated rings. The van der Waals surface area contributed by atoms with Gasteiger partial charge in [0, 0.05) is 34.9 Å². The van der Waals surface area contributed by atoms with Crippen LogP contribution in [0.5, 0.6) is 0 Å². The summed E-state index contributed by atoms with van der Waals surface area (Å²) < 4.78 is 31.3. The van der Waals surface area contributed by atoms with Gasteiger partial charge in [-0.15, -0.1) is 0 Å². The van der Waals surface area contributed by atoms with Crippen LogP contribution in [0.4, 0.5) is 11.4 Å². The number of benzene rings is 2. The number of sulfonamides is 1. The standard InChI is InChI=1S/C27H30N4O3S/c1-18(2)17-35(33,34)29-20-11-9-19(10-12-20)27-26(28)23-14-13-22(30-15-4-3-8-25(30)32)16-24(23)31(27)21-6-5-7-21/h3-4,8-16,18,21,29H,5-7,17,28H2,1-2H3. The monoisotopic (exact) mass is 490 g/mol. The predicted molar refractivity (Wildman–Crippen MR) is 143 cm³/mol. The molecule has 3 N–H and O–H groups in total. The SMILES string of the molecule is CC(C)CS(=O)(=O)Nc1ccc(-c2c(N)c3ccc(-n4ccccc4=O)cc3n2C2CCC2)cc1. The lowest BCUT2D eigenvalue weighted by Gasteiger charge is -2.30. The number of fused-ring (bicyclic) bond motifs is 1. The van der Waals surface area contributed by atoms with Crippen molar-refractivity contribution in [2.75, 3.05) is 16.2 Å². The Morgan fingerprint density at radius 1 is 1.06 bits per heavy atom. The highest BCUT2D eigenvalue weighted by Gasteiger charge is 2.27. The van der Waals surface area contributed by atoms with E-state index in [1.807, 2.05) is 50.2 Å². The molecule has 0 unspecified atom stereocenters. The number of hydrogen-bond acceptors (Lipinski definition) is 4. The van der Waals surface area contributed by atoms with Crippen molar-refractivity contribution in [2.24, 2.45) is 5.92 Å². The van der Waals surface area contributed by atoms with Gasteiger partial charge >= 0.3 is 0 Å². The van der Waals surface area contributed by atoms with Gasteiger partial charge in [0.15, 0.2) is 0 Å². The normalized spacial score (nSPS) is 14.4. The summed E-state index contributed by atoms with van der Waals surface area (Å²) in [5, 5.41) is 0.946. The summed E-state index contributed by atoms with van der Waals surface area (Å²) in [5.41, 5.74) is 11.5. The molecule has 4 aromatic rings. The second-order valence-electron chi connectivity index (χ2n) is 9.68. The Morgan fingerprint density at radius 2 is 1.80 bits per heavy atom. The first-order valence-corrected chi connectivity index (χ1v) is 13.6. The second kappa shape index (κ2) is 8.92. The van der Waals surface area contributed by atoms with Crippen molar-refractivity contribution in [3.63, 3.8) is 0 Å². The molecule has 1 saturated carbocycles. The molecule has 1 aliphatic rings. The van der Waals surface area contributed by atoms with Crippen LogP contribution in [0.1, 0.15) is 39.2 Å². The Kier molecular flexibility index (Phi) is 5.92. The Balaban J connectivity index is 1.59. The molecule has 0 aliphatic heterocycles. The first-order valence-electron chi connectivity index (χ1n) is 12.0. The molecule has 2 aromatic carbocycles. The number of nitrogens with one attached hydrogen (secondary N) is 1. The summed E-state index contributed by atoms with van der Waals surface area (Å²) >= 11 is 0. The van der Waals surface area contributed by atoms with Crippen molar-refractivity contribution in [3.8, 4) is 16.9 Å². The summed E-state index contributed by atoms with van der Waals surface area (Å²) in [4.78, 5) is 12.4. The summed E-state index contributed by atoms with van der Waals surface area (Å²) in [6.45, 7) is 3.76. The van der Waals surface area contributed by atoms with E-state index in [9.17, 15) is 13.2 Å². The lowest BCUT2D eigenvalue weighted by molar-refractivity contribution is 0.324.